The maximum Gasteiger partial charge on any atom is 0.263 e. The second-order valence-electron chi connectivity index (χ2n) is 5.64. The summed E-state index contributed by atoms with van der Waals surface area (Å²) in [6.07, 6.45) is -0.764. The molecule has 1 amide bonds. The molecule has 1 unspecified atom stereocenters. The smallest absolute Gasteiger partial charge is 0.263 e. The van der Waals surface area contributed by atoms with Crippen molar-refractivity contribution in [3.05, 3.63) is 64.2 Å². The van der Waals surface area contributed by atoms with E-state index in [2.05, 4.69) is 0 Å². The first kappa shape index (κ1) is 18.2. The lowest BCUT2D eigenvalue weighted by Crippen LogP contribution is -2.37. The van der Waals surface area contributed by atoms with E-state index in [9.17, 15) is 13.6 Å². The molecule has 0 N–H and O–H groups in total. The van der Waals surface area contributed by atoms with Crippen LogP contribution in [0.15, 0.2) is 36.4 Å². The van der Waals surface area contributed by atoms with Crippen molar-refractivity contribution in [1.82, 2.24) is 4.90 Å². The van der Waals surface area contributed by atoms with Crippen LogP contribution in [0.5, 0.6) is 5.75 Å². The third-order valence-corrected chi connectivity index (χ3v) is 3.83. The van der Waals surface area contributed by atoms with Gasteiger partial charge in [0.25, 0.3) is 5.91 Å². The van der Waals surface area contributed by atoms with Crippen molar-refractivity contribution in [2.24, 2.45) is 0 Å². The van der Waals surface area contributed by atoms with Gasteiger partial charge in [0.05, 0.1) is 5.02 Å². The minimum Gasteiger partial charge on any atom is -0.479 e. The minimum absolute atomic E-state index is 0.144. The Hall–Kier alpha value is -2.14. The molecule has 2 rings (SSSR count). The molecule has 0 saturated heterocycles. The summed E-state index contributed by atoms with van der Waals surface area (Å²) in [5.41, 5.74) is 1.45. The van der Waals surface area contributed by atoms with Crippen molar-refractivity contribution in [2.75, 3.05) is 7.05 Å². The van der Waals surface area contributed by atoms with Crippen LogP contribution in [0.2, 0.25) is 5.02 Å². The molecule has 3 nitrogen and oxygen atoms in total. The quantitative estimate of drug-likeness (QED) is 0.799. The number of rotatable bonds is 5. The average Bonchev–Trinajstić information content (AvgIpc) is 2.53. The second kappa shape index (κ2) is 7.62. The highest BCUT2D eigenvalue weighted by atomic mass is 35.5. The maximum absolute atomic E-state index is 13.2. The Morgan fingerprint density at radius 3 is 2.58 bits per heavy atom. The Bertz CT molecular complexity index is 752. The van der Waals surface area contributed by atoms with Crippen LogP contribution in [0, 0.1) is 18.6 Å². The number of benzene rings is 2. The van der Waals surface area contributed by atoms with Crippen molar-refractivity contribution in [3.63, 3.8) is 0 Å². The molecule has 0 heterocycles. The number of likely N-dealkylation sites (N-methyl/N-ethyl adjacent to an activating group) is 1. The normalized spacial score (nSPS) is 11.9. The fourth-order valence-electron chi connectivity index (χ4n) is 2.24. The number of hydrogen-bond donors (Lipinski definition) is 0. The molecule has 6 heteroatoms. The van der Waals surface area contributed by atoms with Gasteiger partial charge in [0, 0.05) is 13.6 Å². The Morgan fingerprint density at radius 2 is 1.92 bits per heavy atom. The van der Waals surface area contributed by atoms with Gasteiger partial charge in [0.1, 0.15) is 5.75 Å². The molecule has 0 saturated carbocycles. The van der Waals surface area contributed by atoms with Gasteiger partial charge in [-0.05, 0) is 49.2 Å². The van der Waals surface area contributed by atoms with Crippen molar-refractivity contribution >= 4 is 17.5 Å². The third kappa shape index (κ3) is 4.45. The molecule has 0 aliphatic rings. The van der Waals surface area contributed by atoms with E-state index in [1.54, 1.807) is 26.1 Å². The highest BCUT2D eigenvalue weighted by Gasteiger charge is 2.20. The summed E-state index contributed by atoms with van der Waals surface area (Å²) >= 11 is 6.06. The van der Waals surface area contributed by atoms with Gasteiger partial charge in [-0.3, -0.25) is 4.79 Å². The van der Waals surface area contributed by atoms with Crippen LogP contribution < -0.4 is 4.74 Å². The number of halogens is 3. The number of ether oxygens (including phenoxy) is 1. The van der Waals surface area contributed by atoms with Crippen LogP contribution in [0.4, 0.5) is 8.78 Å². The number of amides is 1. The molecule has 0 aromatic heterocycles. The van der Waals surface area contributed by atoms with E-state index in [0.29, 0.717) is 16.3 Å². The Morgan fingerprint density at radius 1 is 1.21 bits per heavy atom. The Balaban J connectivity index is 2.03. The SMILES string of the molecule is Cc1ccc(Cl)c(OC(C)C(=O)N(C)Cc2ccc(F)c(F)c2)c1. The van der Waals surface area contributed by atoms with E-state index in [4.69, 9.17) is 16.3 Å². The fourth-order valence-corrected chi connectivity index (χ4v) is 2.40. The molecular weight excluding hydrogens is 336 g/mol. The number of nitrogens with zero attached hydrogens (tertiary/aromatic N) is 1. The van der Waals surface area contributed by atoms with Crippen LogP contribution in [0.1, 0.15) is 18.1 Å². The van der Waals surface area contributed by atoms with Gasteiger partial charge in [-0.25, -0.2) is 8.78 Å². The van der Waals surface area contributed by atoms with Crippen molar-refractivity contribution in [3.8, 4) is 5.75 Å². The average molecular weight is 354 g/mol. The summed E-state index contributed by atoms with van der Waals surface area (Å²) in [6.45, 7) is 3.65. The topological polar surface area (TPSA) is 29.5 Å². The van der Waals surface area contributed by atoms with Crippen LogP contribution in [0.3, 0.4) is 0 Å². The lowest BCUT2D eigenvalue weighted by molar-refractivity contribution is -0.137. The first-order chi connectivity index (χ1) is 11.3. The van der Waals surface area contributed by atoms with E-state index in [0.717, 1.165) is 17.7 Å². The molecule has 0 radical (unpaired) electrons. The summed E-state index contributed by atoms with van der Waals surface area (Å²) in [6, 6.07) is 8.84. The molecule has 0 aliphatic heterocycles. The van der Waals surface area contributed by atoms with Crippen LogP contribution in [0.25, 0.3) is 0 Å². The molecule has 1 atom stereocenters. The van der Waals surface area contributed by atoms with Gasteiger partial charge in [-0.1, -0.05) is 23.7 Å². The number of carbonyl (C=O) groups excluding carboxylic acids is 1. The molecule has 0 fully saturated rings. The summed E-state index contributed by atoms with van der Waals surface area (Å²) in [5, 5.41) is 0.420. The largest absolute Gasteiger partial charge is 0.479 e. The standard InChI is InChI=1S/C18H18ClF2NO2/c1-11-4-6-14(19)17(8-11)24-12(2)18(23)22(3)10-13-5-7-15(20)16(21)9-13/h4-9,12H,10H2,1-3H3. The van der Waals surface area contributed by atoms with Crippen molar-refractivity contribution < 1.29 is 18.3 Å². The molecule has 0 aliphatic carbocycles. The third-order valence-electron chi connectivity index (χ3n) is 3.52. The monoisotopic (exact) mass is 353 g/mol. The number of carbonyl (C=O) groups is 1. The highest BCUT2D eigenvalue weighted by Crippen LogP contribution is 2.26. The molecule has 0 bridgehead atoms. The predicted octanol–water partition coefficient (Wildman–Crippen LogP) is 4.35. The molecule has 0 spiro atoms. The van der Waals surface area contributed by atoms with E-state index >= 15 is 0 Å². The Kier molecular flexibility index (Phi) is 5.78. The molecule has 128 valence electrons. The zero-order chi connectivity index (χ0) is 17.9. The lowest BCUT2D eigenvalue weighted by Gasteiger charge is -2.23. The highest BCUT2D eigenvalue weighted by molar-refractivity contribution is 6.32. The zero-order valence-electron chi connectivity index (χ0n) is 13.6. The summed E-state index contributed by atoms with van der Waals surface area (Å²) in [7, 11) is 1.57. The summed E-state index contributed by atoms with van der Waals surface area (Å²) in [4.78, 5) is 13.8. The van der Waals surface area contributed by atoms with Crippen LogP contribution >= 0.6 is 11.6 Å². The number of aryl methyl sites for hydroxylation is 1. The Labute approximate surface area is 144 Å². The van der Waals surface area contributed by atoms with Crippen LogP contribution in [-0.4, -0.2) is 24.0 Å². The van der Waals surface area contributed by atoms with E-state index < -0.39 is 17.7 Å². The lowest BCUT2D eigenvalue weighted by atomic mass is 10.2. The van der Waals surface area contributed by atoms with E-state index in [1.165, 1.54) is 11.0 Å². The van der Waals surface area contributed by atoms with Gasteiger partial charge in [0.2, 0.25) is 0 Å². The zero-order valence-corrected chi connectivity index (χ0v) is 14.4. The first-order valence-corrected chi connectivity index (χ1v) is 7.77. The van der Waals surface area contributed by atoms with Gasteiger partial charge in [-0.2, -0.15) is 0 Å². The molecule has 2 aromatic rings. The number of hydrogen-bond acceptors (Lipinski definition) is 2. The van der Waals surface area contributed by atoms with Crippen molar-refractivity contribution in [2.45, 2.75) is 26.5 Å². The van der Waals surface area contributed by atoms with Gasteiger partial charge >= 0.3 is 0 Å². The van der Waals surface area contributed by atoms with Gasteiger partial charge < -0.3 is 9.64 Å². The summed E-state index contributed by atoms with van der Waals surface area (Å²) < 4.78 is 31.8. The minimum atomic E-state index is -0.941. The first-order valence-electron chi connectivity index (χ1n) is 7.39. The van der Waals surface area contributed by atoms with E-state index in [1.807, 2.05) is 13.0 Å². The van der Waals surface area contributed by atoms with Crippen LogP contribution in [-0.2, 0) is 11.3 Å². The predicted molar refractivity (Wildman–Crippen MR) is 89.1 cm³/mol. The summed E-state index contributed by atoms with van der Waals surface area (Å²) in [5.74, 6) is -1.72. The molecular formula is C18H18ClF2NO2. The van der Waals surface area contributed by atoms with Gasteiger partial charge in [0.15, 0.2) is 17.7 Å². The molecule has 2 aromatic carbocycles. The van der Waals surface area contributed by atoms with Gasteiger partial charge in [-0.15, -0.1) is 0 Å². The maximum atomic E-state index is 13.2. The molecule has 24 heavy (non-hydrogen) atoms. The van der Waals surface area contributed by atoms with Crippen molar-refractivity contribution in [1.29, 1.82) is 0 Å². The fraction of sp³-hybridized carbons (Fsp3) is 0.278. The second-order valence-corrected chi connectivity index (χ2v) is 6.04. The van der Waals surface area contributed by atoms with E-state index in [-0.39, 0.29) is 12.5 Å².